The topological polar surface area (TPSA) is 0 Å². The Morgan fingerprint density at radius 2 is 2.00 bits per heavy atom. The van der Waals surface area contributed by atoms with Crippen LogP contribution in [0.25, 0.3) is 0 Å². The van der Waals surface area contributed by atoms with Crippen LogP contribution in [0.2, 0.25) is 0 Å². The molecule has 0 saturated heterocycles. The lowest BCUT2D eigenvalue weighted by molar-refractivity contribution is 0.622. The van der Waals surface area contributed by atoms with Crippen LogP contribution in [-0.2, 0) is 6.42 Å². The Labute approximate surface area is 88.5 Å². The third-order valence-electron chi connectivity index (χ3n) is 2.97. The summed E-state index contributed by atoms with van der Waals surface area (Å²) in [4.78, 5) is 0.570. The van der Waals surface area contributed by atoms with Gasteiger partial charge in [-0.1, -0.05) is 40.5 Å². The van der Waals surface area contributed by atoms with E-state index < -0.39 is 0 Å². The van der Waals surface area contributed by atoms with E-state index in [-0.39, 0.29) is 0 Å². The van der Waals surface area contributed by atoms with Crippen molar-refractivity contribution in [1.82, 2.24) is 0 Å². The molecule has 0 radical (unpaired) electrons. The van der Waals surface area contributed by atoms with Crippen LogP contribution in [0.15, 0.2) is 12.1 Å². The number of hydrogen-bond donors (Lipinski definition) is 0. The predicted octanol–water partition coefficient (Wildman–Crippen LogP) is 3.93. The van der Waals surface area contributed by atoms with Crippen LogP contribution in [0, 0.1) is 19.8 Å². The van der Waals surface area contributed by atoms with E-state index in [9.17, 15) is 0 Å². The van der Waals surface area contributed by atoms with Crippen LogP contribution < -0.4 is 0 Å². The number of rotatable bonds is 0. The zero-order chi connectivity index (χ0) is 9.59. The highest BCUT2D eigenvalue weighted by Crippen LogP contribution is 2.43. The molecule has 0 amide bonds. The van der Waals surface area contributed by atoms with Gasteiger partial charge in [-0.3, -0.25) is 0 Å². The molecule has 0 spiro atoms. The lowest BCUT2D eigenvalue weighted by atomic mass is 10.0. The minimum absolute atomic E-state index is 0.570. The van der Waals surface area contributed by atoms with Gasteiger partial charge in [-0.05, 0) is 42.9 Å². The van der Waals surface area contributed by atoms with Crippen molar-refractivity contribution in [2.24, 2.45) is 5.92 Å². The fraction of sp³-hybridized carbons (Fsp3) is 0.500. The molecule has 0 fully saturated rings. The Balaban J connectivity index is 2.57. The summed E-state index contributed by atoms with van der Waals surface area (Å²) < 4.78 is 0. The number of hydrogen-bond acceptors (Lipinski definition) is 0. The van der Waals surface area contributed by atoms with E-state index in [4.69, 9.17) is 0 Å². The first-order valence-corrected chi connectivity index (χ1v) is 5.75. The van der Waals surface area contributed by atoms with Gasteiger partial charge in [0.2, 0.25) is 0 Å². The van der Waals surface area contributed by atoms with Gasteiger partial charge in [-0.25, -0.2) is 0 Å². The third kappa shape index (κ3) is 1.43. The van der Waals surface area contributed by atoms with Gasteiger partial charge < -0.3 is 0 Å². The lowest BCUT2D eigenvalue weighted by Gasteiger charge is -2.08. The first-order chi connectivity index (χ1) is 6.09. The average molecular weight is 239 g/mol. The van der Waals surface area contributed by atoms with Crippen molar-refractivity contribution in [2.45, 2.75) is 32.0 Å². The average Bonchev–Trinajstić information content (AvgIpc) is 2.32. The largest absolute Gasteiger partial charge is 0.0836 e. The summed E-state index contributed by atoms with van der Waals surface area (Å²) in [6.07, 6.45) is 1.23. The second kappa shape index (κ2) is 3.13. The van der Waals surface area contributed by atoms with E-state index in [1.165, 1.54) is 23.1 Å². The molecule has 1 aliphatic rings. The van der Waals surface area contributed by atoms with Gasteiger partial charge in [0, 0.05) is 4.83 Å². The number of benzene rings is 1. The summed E-state index contributed by atoms with van der Waals surface area (Å²) >= 11 is 3.77. The molecule has 70 valence electrons. The second-order valence-electron chi connectivity index (χ2n) is 4.23. The molecule has 0 bridgehead atoms. The Bertz CT molecular complexity index is 341. The Hall–Kier alpha value is -0.300. The molecule has 0 aromatic heterocycles. The monoisotopic (exact) mass is 238 g/mol. The highest BCUT2D eigenvalue weighted by Gasteiger charge is 2.28. The maximum Gasteiger partial charge on any atom is 0.0426 e. The van der Waals surface area contributed by atoms with Crippen molar-refractivity contribution in [1.29, 1.82) is 0 Å². The fourth-order valence-corrected chi connectivity index (χ4v) is 2.88. The molecule has 2 atom stereocenters. The summed E-state index contributed by atoms with van der Waals surface area (Å²) in [5.74, 6) is 0.746. The summed E-state index contributed by atoms with van der Waals surface area (Å²) in [7, 11) is 0. The molecule has 0 heterocycles. The number of alkyl halides is 1. The zero-order valence-electron chi connectivity index (χ0n) is 8.39. The predicted molar refractivity (Wildman–Crippen MR) is 60.5 cm³/mol. The third-order valence-corrected chi connectivity index (χ3v) is 4.37. The second-order valence-corrected chi connectivity index (χ2v) is 5.22. The minimum atomic E-state index is 0.570. The standard InChI is InChI=1S/C12H15Br/c1-7-4-8(2)10-6-9(3)12(13)11(10)5-7/h4-5,9,12H,6H2,1-3H3. The number of halogens is 1. The smallest absolute Gasteiger partial charge is 0.0426 e. The zero-order valence-corrected chi connectivity index (χ0v) is 9.98. The van der Waals surface area contributed by atoms with Crippen LogP contribution in [0.3, 0.4) is 0 Å². The van der Waals surface area contributed by atoms with Crippen LogP contribution in [0.1, 0.15) is 34.0 Å². The SMILES string of the molecule is Cc1cc(C)c2c(c1)C(Br)C(C)C2. The van der Waals surface area contributed by atoms with E-state index in [1.807, 2.05) is 0 Å². The summed E-state index contributed by atoms with van der Waals surface area (Å²) in [6, 6.07) is 4.61. The quantitative estimate of drug-likeness (QED) is 0.602. The molecular formula is C12H15Br. The molecule has 0 aliphatic heterocycles. The summed E-state index contributed by atoms with van der Waals surface area (Å²) in [5, 5.41) is 0. The first-order valence-electron chi connectivity index (χ1n) is 4.83. The van der Waals surface area contributed by atoms with Crippen molar-refractivity contribution in [2.75, 3.05) is 0 Å². The van der Waals surface area contributed by atoms with Gasteiger partial charge >= 0.3 is 0 Å². The molecule has 0 nitrogen and oxygen atoms in total. The number of aryl methyl sites for hydroxylation is 2. The van der Waals surface area contributed by atoms with Crippen molar-refractivity contribution in [3.05, 3.63) is 34.4 Å². The maximum absolute atomic E-state index is 3.77. The van der Waals surface area contributed by atoms with Crippen LogP contribution in [0.4, 0.5) is 0 Å². The van der Waals surface area contributed by atoms with E-state index in [0.29, 0.717) is 4.83 Å². The van der Waals surface area contributed by atoms with Gasteiger partial charge in [0.05, 0.1) is 0 Å². The van der Waals surface area contributed by atoms with Crippen LogP contribution in [-0.4, -0.2) is 0 Å². The normalized spacial score (nSPS) is 26.2. The van der Waals surface area contributed by atoms with Gasteiger partial charge in [-0.2, -0.15) is 0 Å². The minimum Gasteiger partial charge on any atom is -0.0836 e. The highest BCUT2D eigenvalue weighted by molar-refractivity contribution is 9.09. The van der Waals surface area contributed by atoms with Gasteiger partial charge in [0.25, 0.3) is 0 Å². The van der Waals surface area contributed by atoms with E-state index >= 15 is 0 Å². The van der Waals surface area contributed by atoms with E-state index in [0.717, 1.165) is 5.92 Å². The van der Waals surface area contributed by atoms with Gasteiger partial charge in [-0.15, -0.1) is 0 Å². The molecular weight excluding hydrogens is 224 g/mol. The van der Waals surface area contributed by atoms with Crippen LogP contribution >= 0.6 is 15.9 Å². The molecule has 13 heavy (non-hydrogen) atoms. The molecule has 1 aromatic carbocycles. The summed E-state index contributed by atoms with van der Waals surface area (Å²) in [6.45, 7) is 6.72. The number of fused-ring (bicyclic) bond motifs is 1. The molecule has 2 rings (SSSR count). The molecule has 1 aliphatic carbocycles. The van der Waals surface area contributed by atoms with Crippen molar-refractivity contribution in [3.63, 3.8) is 0 Å². The lowest BCUT2D eigenvalue weighted by Crippen LogP contribution is -1.94. The first kappa shape index (κ1) is 9.26. The highest BCUT2D eigenvalue weighted by atomic mass is 79.9. The van der Waals surface area contributed by atoms with Gasteiger partial charge in [0.15, 0.2) is 0 Å². The van der Waals surface area contributed by atoms with Gasteiger partial charge in [0.1, 0.15) is 0 Å². The van der Waals surface area contributed by atoms with E-state index in [1.54, 1.807) is 5.56 Å². The molecule has 2 unspecified atom stereocenters. The fourth-order valence-electron chi connectivity index (χ4n) is 2.29. The summed E-state index contributed by atoms with van der Waals surface area (Å²) in [5.41, 5.74) is 5.93. The Morgan fingerprint density at radius 1 is 1.31 bits per heavy atom. The molecule has 0 saturated carbocycles. The van der Waals surface area contributed by atoms with Crippen molar-refractivity contribution >= 4 is 15.9 Å². The van der Waals surface area contributed by atoms with Crippen LogP contribution in [0.5, 0.6) is 0 Å². The molecule has 1 aromatic rings. The van der Waals surface area contributed by atoms with E-state index in [2.05, 4.69) is 48.8 Å². The Kier molecular flexibility index (Phi) is 2.23. The Morgan fingerprint density at radius 3 is 2.69 bits per heavy atom. The maximum atomic E-state index is 3.77. The van der Waals surface area contributed by atoms with Crippen molar-refractivity contribution < 1.29 is 0 Å². The molecule has 0 N–H and O–H groups in total. The van der Waals surface area contributed by atoms with Crippen molar-refractivity contribution in [3.8, 4) is 0 Å². The molecule has 1 heteroatoms.